The molecule has 0 N–H and O–H groups in total. The highest BCUT2D eigenvalue weighted by molar-refractivity contribution is 7.21. The zero-order valence-electron chi connectivity index (χ0n) is 16.4. The van der Waals surface area contributed by atoms with Gasteiger partial charge in [0.1, 0.15) is 5.58 Å². The second-order valence-corrected chi connectivity index (χ2v) is 8.94. The SMILES string of the molecule is Cc1ccc(Cl)cc1N1CCN(C(=O)c2cc3c(=O)oc4ccccc4c3s2)CC1. The molecule has 0 radical (unpaired) electrons. The van der Waals surface area contributed by atoms with Crippen LogP contribution in [0, 0.1) is 6.92 Å². The van der Waals surface area contributed by atoms with Crippen LogP contribution in [0.25, 0.3) is 21.1 Å². The number of benzene rings is 2. The van der Waals surface area contributed by atoms with E-state index in [4.69, 9.17) is 16.0 Å². The molecular formula is C23H19ClN2O3S. The number of thiophene rings is 1. The molecule has 0 saturated carbocycles. The number of hydrogen-bond acceptors (Lipinski definition) is 5. The highest BCUT2D eigenvalue weighted by Gasteiger charge is 2.25. The maximum atomic E-state index is 13.1. The molecule has 152 valence electrons. The van der Waals surface area contributed by atoms with Crippen LogP contribution in [0.5, 0.6) is 0 Å². The summed E-state index contributed by atoms with van der Waals surface area (Å²) in [4.78, 5) is 30.2. The predicted molar refractivity (Wildman–Crippen MR) is 122 cm³/mol. The molecule has 30 heavy (non-hydrogen) atoms. The molecule has 1 amide bonds. The van der Waals surface area contributed by atoms with Gasteiger partial charge in [-0.05, 0) is 42.8 Å². The van der Waals surface area contributed by atoms with Crippen molar-refractivity contribution >= 4 is 55.6 Å². The van der Waals surface area contributed by atoms with E-state index in [-0.39, 0.29) is 5.91 Å². The minimum absolute atomic E-state index is 0.0397. The highest BCUT2D eigenvalue weighted by Crippen LogP contribution is 2.32. The number of amides is 1. The molecule has 1 fully saturated rings. The number of carbonyl (C=O) groups excluding carboxylic acids is 1. The molecule has 0 spiro atoms. The lowest BCUT2D eigenvalue weighted by Gasteiger charge is -2.36. The van der Waals surface area contributed by atoms with Crippen LogP contribution < -0.4 is 10.5 Å². The van der Waals surface area contributed by atoms with Gasteiger partial charge in [-0.25, -0.2) is 4.79 Å². The summed E-state index contributed by atoms with van der Waals surface area (Å²) >= 11 is 7.53. The Bertz CT molecular complexity index is 1340. The van der Waals surface area contributed by atoms with Gasteiger partial charge in [0.25, 0.3) is 5.91 Å². The Balaban J connectivity index is 1.40. The smallest absolute Gasteiger partial charge is 0.345 e. The summed E-state index contributed by atoms with van der Waals surface area (Å²) < 4.78 is 6.21. The number of carbonyl (C=O) groups is 1. The van der Waals surface area contributed by atoms with Crippen LogP contribution in [0.1, 0.15) is 15.2 Å². The molecule has 5 rings (SSSR count). The Kier molecular flexibility index (Phi) is 4.76. The fourth-order valence-corrected chi connectivity index (χ4v) is 5.29. The summed E-state index contributed by atoms with van der Waals surface area (Å²) in [6.07, 6.45) is 0. The first kappa shape index (κ1) is 19.2. The van der Waals surface area contributed by atoms with Crippen LogP contribution >= 0.6 is 22.9 Å². The molecule has 2 aromatic heterocycles. The van der Waals surface area contributed by atoms with Gasteiger partial charge in [-0.15, -0.1) is 11.3 Å². The zero-order valence-corrected chi connectivity index (χ0v) is 17.9. The maximum absolute atomic E-state index is 13.1. The summed E-state index contributed by atoms with van der Waals surface area (Å²) in [6.45, 7) is 4.78. The van der Waals surface area contributed by atoms with Crippen LogP contribution in [0.4, 0.5) is 5.69 Å². The molecule has 0 aliphatic carbocycles. The third kappa shape index (κ3) is 3.26. The Morgan fingerprint density at radius 2 is 1.80 bits per heavy atom. The second kappa shape index (κ2) is 7.45. The minimum atomic E-state index is -0.403. The summed E-state index contributed by atoms with van der Waals surface area (Å²) in [5, 5.41) is 2.04. The standard InChI is InChI=1S/C23H19ClN2O3S/c1-14-6-7-15(24)12-18(14)25-8-10-26(11-9-25)22(27)20-13-17-21(30-20)16-4-2-3-5-19(16)29-23(17)28/h2-7,12-13H,8-11H2,1H3. The van der Waals surface area contributed by atoms with Crippen LogP contribution in [0.2, 0.25) is 5.02 Å². The van der Waals surface area contributed by atoms with Gasteiger partial charge in [-0.1, -0.05) is 29.8 Å². The third-order valence-electron chi connectivity index (χ3n) is 5.58. The van der Waals surface area contributed by atoms with E-state index < -0.39 is 5.63 Å². The third-order valence-corrected chi connectivity index (χ3v) is 6.97. The molecule has 0 bridgehead atoms. The van der Waals surface area contributed by atoms with Gasteiger partial charge in [0.05, 0.1) is 15.0 Å². The molecule has 4 aromatic rings. The molecule has 1 aliphatic heterocycles. The highest BCUT2D eigenvalue weighted by atomic mass is 35.5. The van der Waals surface area contributed by atoms with Crippen molar-refractivity contribution in [2.24, 2.45) is 0 Å². The van der Waals surface area contributed by atoms with Gasteiger partial charge in [-0.2, -0.15) is 0 Å². The topological polar surface area (TPSA) is 53.8 Å². The molecule has 0 unspecified atom stereocenters. The number of halogens is 1. The van der Waals surface area contributed by atoms with Crippen molar-refractivity contribution in [3.8, 4) is 0 Å². The average Bonchev–Trinajstić information content (AvgIpc) is 3.22. The van der Waals surface area contributed by atoms with Crippen LogP contribution in [-0.4, -0.2) is 37.0 Å². The lowest BCUT2D eigenvalue weighted by Crippen LogP contribution is -2.48. The first-order valence-electron chi connectivity index (χ1n) is 9.77. The van der Waals surface area contributed by atoms with E-state index in [1.807, 2.05) is 41.3 Å². The fraction of sp³-hybridized carbons (Fsp3) is 0.217. The van der Waals surface area contributed by atoms with E-state index in [0.29, 0.717) is 34.0 Å². The van der Waals surface area contributed by atoms with Crippen LogP contribution in [-0.2, 0) is 0 Å². The Hall–Kier alpha value is -2.83. The molecule has 1 saturated heterocycles. The average molecular weight is 439 g/mol. The summed E-state index contributed by atoms with van der Waals surface area (Å²) in [5.74, 6) is -0.0397. The number of anilines is 1. The number of aryl methyl sites for hydroxylation is 1. The fourth-order valence-electron chi connectivity index (χ4n) is 3.98. The maximum Gasteiger partial charge on any atom is 0.345 e. The first-order chi connectivity index (χ1) is 14.5. The minimum Gasteiger partial charge on any atom is -0.422 e. The Morgan fingerprint density at radius 1 is 1.03 bits per heavy atom. The van der Waals surface area contributed by atoms with Crippen molar-refractivity contribution in [3.05, 3.63) is 74.4 Å². The molecule has 5 nitrogen and oxygen atoms in total. The lowest BCUT2D eigenvalue weighted by atomic mass is 10.1. The first-order valence-corrected chi connectivity index (χ1v) is 11.0. The van der Waals surface area contributed by atoms with Gasteiger partial charge < -0.3 is 14.2 Å². The summed E-state index contributed by atoms with van der Waals surface area (Å²) in [5.41, 5.74) is 2.42. The number of fused-ring (bicyclic) bond motifs is 3. The number of nitrogens with zero attached hydrogens (tertiary/aromatic N) is 2. The predicted octanol–water partition coefficient (Wildman–Crippen LogP) is 4.93. The van der Waals surface area contributed by atoms with Crippen molar-refractivity contribution in [1.29, 1.82) is 0 Å². The molecular weight excluding hydrogens is 420 g/mol. The van der Waals surface area contributed by atoms with E-state index in [1.165, 1.54) is 16.9 Å². The van der Waals surface area contributed by atoms with Crippen molar-refractivity contribution in [2.75, 3.05) is 31.1 Å². The van der Waals surface area contributed by atoms with Crippen molar-refractivity contribution in [2.45, 2.75) is 6.92 Å². The van der Waals surface area contributed by atoms with Crippen LogP contribution in [0.3, 0.4) is 0 Å². The molecule has 1 aliphatic rings. The van der Waals surface area contributed by atoms with E-state index in [0.717, 1.165) is 28.9 Å². The molecule has 2 aromatic carbocycles. The largest absolute Gasteiger partial charge is 0.422 e. The Morgan fingerprint density at radius 3 is 2.60 bits per heavy atom. The van der Waals surface area contributed by atoms with E-state index in [2.05, 4.69) is 11.8 Å². The Labute approximate surface area is 182 Å². The number of rotatable bonds is 2. The lowest BCUT2D eigenvalue weighted by molar-refractivity contribution is 0.0751. The molecule has 7 heteroatoms. The van der Waals surface area contributed by atoms with E-state index in [9.17, 15) is 9.59 Å². The number of hydrogen-bond donors (Lipinski definition) is 0. The molecule has 3 heterocycles. The normalized spacial score (nSPS) is 14.6. The van der Waals surface area contributed by atoms with Crippen LogP contribution in [0.15, 0.2) is 57.7 Å². The van der Waals surface area contributed by atoms with Crippen molar-refractivity contribution in [1.82, 2.24) is 4.90 Å². The summed E-state index contributed by atoms with van der Waals surface area (Å²) in [6, 6.07) is 15.0. The number of para-hydroxylation sites is 1. The summed E-state index contributed by atoms with van der Waals surface area (Å²) in [7, 11) is 0. The van der Waals surface area contributed by atoms with Gasteiger partial charge in [0, 0.05) is 42.3 Å². The quantitative estimate of drug-likeness (QED) is 0.416. The van der Waals surface area contributed by atoms with E-state index in [1.54, 1.807) is 12.1 Å². The van der Waals surface area contributed by atoms with Gasteiger partial charge in [-0.3, -0.25) is 4.79 Å². The monoisotopic (exact) mass is 438 g/mol. The molecule has 0 atom stereocenters. The number of piperazine rings is 1. The van der Waals surface area contributed by atoms with Crippen molar-refractivity contribution in [3.63, 3.8) is 0 Å². The van der Waals surface area contributed by atoms with Gasteiger partial charge in [0.2, 0.25) is 0 Å². The zero-order chi connectivity index (χ0) is 20.8. The van der Waals surface area contributed by atoms with E-state index >= 15 is 0 Å². The van der Waals surface area contributed by atoms with Gasteiger partial charge >= 0.3 is 5.63 Å². The van der Waals surface area contributed by atoms with Crippen molar-refractivity contribution < 1.29 is 9.21 Å². The second-order valence-electron chi connectivity index (χ2n) is 7.45. The van der Waals surface area contributed by atoms with Gasteiger partial charge in [0.15, 0.2) is 0 Å².